The number of methoxy groups -OCH3 is 2. The highest BCUT2D eigenvalue weighted by Gasteiger charge is 2.40. The first-order chi connectivity index (χ1) is 11.9. The highest BCUT2D eigenvalue weighted by atomic mass is 16.5. The molecule has 0 aliphatic carbocycles. The summed E-state index contributed by atoms with van der Waals surface area (Å²) < 4.78 is 9.46. The third kappa shape index (κ3) is 7.83. The van der Waals surface area contributed by atoms with Crippen LogP contribution in [0.15, 0.2) is 0 Å². The zero-order valence-corrected chi connectivity index (χ0v) is 18.2. The number of ether oxygens (including phenoxy) is 2. The van der Waals surface area contributed by atoms with Crippen LogP contribution >= 0.6 is 0 Å². The quantitative estimate of drug-likeness (QED) is 0.581. The second kappa shape index (κ2) is 10.0. The van der Waals surface area contributed by atoms with Crippen LogP contribution in [0.5, 0.6) is 0 Å². The van der Waals surface area contributed by atoms with Crippen molar-refractivity contribution in [3.05, 3.63) is 0 Å². The molecule has 0 aromatic carbocycles. The van der Waals surface area contributed by atoms with Gasteiger partial charge in [0.15, 0.2) is 0 Å². The van der Waals surface area contributed by atoms with Crippen molar-refractivity contribution in [1.29, 1.82) is 0 Å². The Hall–Kier alpha value is -1.46. The summed E-state index contributed by atoms with van der Waals surface area (Å²) in [6, 6.07) is 0. The van der Waals surface area contributed by atoms with Gasteiger partial charge in [-0.05, 0) is 42.9 Å². The van der Waals surface area contributed by atoms with E-state index in [1.54, 1.807) is 0 Å². The summed E-state index contributed by atoms with van der Waals surface area (Å²) in [6.45, 7) is 15.8. The fourth-order valence-electron chi connectivity index (χ4n) is 3.63. The average molecular weight is 373 g/mol. The van der Waals surface area contributed by atoms with Crippen molar-refractivity contribution >= 4 is 12.2 Å². The van der Waals surface area contributed by atoms with Crippen LogP contribution in [0.25, 0.3) is 0 Å². The van der Waals surface area contributed by atoms with E-state index in [2.05, 4.69) is 63.8 Å². The van der Waals surface area contributed by atoms with Crippen molar-refractivity contribution in [3.8, 4) is 0 Å². The fraction of sp³-hybridized carbons (Fsp3) is 0.900. The van der Waals surface area contributed by atoms with Crippen molar-refractivity contribution in [2.45, 2.75) is 79.7 Å². The van der Waals surface area contributed by atoms with E-state index in [4.69, 9.17) is 4.74 Å². The molecule has 0 rings (SSSR count). The van der Waals surface area contributed by atoms with Gasteiger partial charge in [-0.1, -0.05) is 48.0 Å². The van der Waals surface area contributed by atoms with E-state index >= 15 is 0 Å². The van der Waals surface area contributed by atoms with Gasteiger partial charge in [0.2, 0.25) is 0 Å². The first-order valence-electron chi connectivity index (χ1n) is 9.55. The molecule has 0 heterocycles. The molecule has 0 aromatic rings. The van der Waals surface area contributed by atoms with Gasteiger partial charge in [0.05, 0.1) is 14.2 Å². The maximum Gasteiger partial charge on any atom is 0.407 e. The highest BCUT2D eigenvalue weighted by molar-refractivity contribution is 5.68. The summed E-state index contributed by atoms with van der Waals surface area (Å²) in [6.07, 6.45) is 2.88. The van der Waals surface area contributed by atoms with Gasteiger partial charge >= 0.3 is 12.2 Å². The predicted octanol–water partition coefficient (Wildman–Crippen LogP) is 4.73. The first kappa shape index (κ1) is 24.5. The number of carbonyl (C=O) groups is 2. The van der Waals surface area contributed by atoms with Gasteiger partial charge < -0.3 is 20.1 Å². The van der Waals surface area contributed by atoms with E-state index in [1.807, 2.05) is 0 Å². The molecule has 0 saturated heterocycles. The van der Waals surface area contributed by atoms with Crippen molar-refractivity contribution in [2.24, 2.45) is 16.7 Å². The molecule has 2 N–H and O–H groups in total. The van der Waals surface area contributed by atoms with E-state index in [9.17, 15) is 9.59 Å². The monoisotopic (exact) mass is 372 g/mol. The van der Waals surface area contributed by atoms with Crippen LogP contribution in [-0.4, -0.2) is 38.5 Å². The van der Waals surface area contributed by atoms with E-state index in [0.717, 1.165) is 25.7 Å². The molecule has 0 saturated carbocycles. The molecule has 0 aliphatic heterocycles. The number of rotatable bonds is 10. The van der Waals surface area contributed by atoms with Crippen LogP contribution in [0.4, 0.5) is 9.59 Å². The molecule has 0 aromatic heterocycles. The lowest BCUT2D eigenvalue weighted by Crippen LogP contribution is -2.50. The Morgan fingerprint density at radius 3 is 1.92 bits per heavy atom. The van der Waals surface area contributed by atoms with Crippen molar-refractivity contribution in [1.82, 2.24) is 10.6 Å². The minimum atomic E-state index is -0.398. The molecule has 0 aliphatic rings. The van der Waals surface area contributed by atoms with Crippen LogP contribution in [0.2, 0.25) is 0 Å². The summed E-state index contributed by atoms with van der Waals surface area (Å²) in [5.74, 6) is 0.410. The minimum Gasteiger partial charge on any atom is -0.453 e. The molecule has 2 amide bonds. The molecule has 6 nitrogen and oxygen atoms in total. The summed E-state index contributed by atoms with van der Waals surface area (Å²) in [7, 11) is 2.77. The van der Waals surface area contributed by atoms with Crippen molar-refractivity contribution in [2.75, 3.05) is 20.8 Å². The van der Waals surface area contributed by atoms with Gasteiger partial charge in [-0.25, -0.2) is 9.59 Å². The Kier molecular flexibility index (Phi) is 9.46. The zero-order chi connectivity index (χ0) is 20.6. The smallest absolute Gasteiger partial charge is 0.407 e. The van der Waals surface area contributed by atoms with E-state index < -0.39 is 6.09 Å². The number of carbonyl (C=O) groups excluding carboxylic acids is 2. The van der Waals surface area contributed by atoms with Gasteiger partial charge in [-0.3, -0.25) is 0 Å². The number of hydrogen-bond acceptors (Lipinski definition) is 4. The first-order valence-corrected chi connectivity index (χ1v) is 9.55. The molecule has 0 radical (unpaired) electrons. The molecule has 0 bridgehead atoms. The maximum absolute atomic E-state index is 11.8. The SMILES string of the molecule is CCC(C)(CC(C)(CC)C(C)CC(C)(C)CNC(=O)OC)NC(=O)OC. The lowest BCUT2D eigenvalue weighted by atomic mass is 9.64. The van der Waals surface area contributed by atoms with Crippen LogP contribution < -0.4 is 10.6 Å². The molecular weight excluding hydrogens is 332 g/mol. The van der Waals surface area contributed by atoms with Crippen molar-refractivity contribution in [3.63, 3.8) is 0 Å². The van der Waals surface area contributed by atoms with Crippen LogP contribution in [0, 0.1) is 16.7 Å². The van der Waals surface area contributed by atoms with E-state index in [1.165, 1.54) is 14.2 Å². The Morgan fingerprint density at radius 1 is 0.962 bits per heavy atom. The largest absolute Gasteiger partial charge is 0.453 e. The molecule has 0 fully saturated rings. The van der Waals surface area contributed by atoms with Gasteiger partial charge in [0.25, 0.3) is 0 Å². The normalized spacial score (nSPS) is 17.4. The standard InChI is InChI=1S/C20H40N2O4/c1-10-19(6,13-20(7,11-2)22-17(24)26-9)15(3)12-18(4,5)14-21-16(23)25-8/h15H,10-14H2,1-9H3,(H,21,23)(H,22,24). The topological polar surface area (TPSA) is 76.7 Å². The number of hydrogen-bond donors (Lipinski definition) is 2. The van der Waals surface area contributed by atoms with Crippen molar-refractivity contribution < 1.29 is 19.1 Å². The second-order valence-electron chi connectivity index (χ2n) is 8.83. The zero-order valence-electron chi connectivity index (χ0n) is 18.2. The van der Waals surface area contributed by atoms with Gasteiger partial charge in [0, 0.05) is 12.1 Å². The molecular formula is C20H40N2O4. The van der Waals surface area contributed by atoms with Crippen LogP contribution in [0.3, 0.4) is 0 Å². The fourth-order valence-corrected chi connectivity index (χ4v) is 3.63. The molecule has 0 spiro atoms. The summed E-state index contributed by atoms with van der Waals surface area (Å²) in [5.41, 5.74) is -0.322. The molecule has 26 heavy (non-hydrogen) atoms. The highest BCUT2D eigenvalue weighted by Crippen LogP contribution is 2.44. The third-order valence-corrected chi connectivity index (χ3v) is 5.92. The Labute approximate surface area is 159 Å². The molecule has 6 heteroatoms. The summed E-state index contributed by atoms with van der Waals surface area (Å²) >= 11 is 0. The van der Waals surface area contributed by atoms with Gasteiger partial charge in [0.1, 0.15) is 0 Å². The Bertz CT molecular complexity index is 467. The Balaban J connectivity index is 5.13. The van der Waals surface area contributed by atoms with E-state index in [0.29, 0.717) is 12.5 Å². The van der Waals surface area contributed by atoms with Gasteiger partial charge in [-0.2, -0.15) is 0 Å². The van der Waals surface area contributed by atoms with Crippen LogP contribution in [0.1, 0.15) is 74.1 Å². The third-order valence-electron chi connectivity index (χ3n) is 5.92. The second-order valence-corrected chi connectivity index (χ2v) is 8.83. The number of nitrogens with one attached hydrogen (secondary N) is 2. The predicted molar refractivity (Wildman–Crippen MR) is 105 cm³/mol. The summed E-state index contributed by atoms with van der Waals surface area (Å²) in [5, 5.41) is 5.82. The van der Waals surface area contributed by atoms with Crippen LogP contribution in [-0.2, 0) is 9.47 Å². The average Bonchev–Trinajstić information content (AvgIpc) is 2.58. The molecule has 3 atom stereocenters. The maximum atomic E-state index is 11.8. The van der Waals surface area contributed by atoms with Gasteiger partial charge in [-0.15, -0.1) is 0 Å². The molecule has 154 valence electrons. The lowest BCUT2D eigenvalue weighted by Gasteiger charge is -2.45. The molecule has 3 unspecified atom stereocenters. The minimum absolute atomic E-state index is 0.0499. The lowest BCUT2D eigenvalue weighted by molar-refractivity contribution is 0.0765. The summed E-state index contributed by atoms with van der Waals surface area (Å²) in [4.78, 5) is 23.1. The number of amides is 2. The Morgan fingerprint density at radius 2 is 1.50 bits per heavy atom. The van der Waals surface area contributed by atoms with E-state index in [-0.39, 0.29) is 22.5 Å². The number of alkyl carbamates (subject to hydrolysis) is 2.